The predicted octanol–water partition coefficient (Wildman–Crippen LogP) is 3.58. The van der Waals surface area contributed by atoms with Gasteiger partial charge < -0.3 is 5.11 Å². The summed E-state index contributed by atoms with van der Waals surface area (Å²) < 4.78 is 1.83. The van der Waals surface area contributed by atoms with Gasteiger partial charge >= 0.3 is 0 Å². The van der Waals surface area contributed by atoms with Crippen molar-refractivity contribution >= 4 is 22.5 Å². The summed E-state index contributed by atoms with van der Waals surface area (Å²) in [6.07, 6.45) is 3.60. The van der Waals surface area contributed by atoms with Gasteiger partial charge in [-0.3, -0.25) is 9.67 Å². The van der Waals surface area contributed by atoms with Crippen LogP contribution in [-0.2, 0) is 6.54 Å². The fraction of sp³-hybridized carbons (Fsp3) is 0.250. The number of benzene rings is 1. The molecule has 1 aromatic carbocycles. The predicted molar refractivity (Wildman–Crippen MR) is 83.3 cm³/mol. The normalized spacial score (nSPS) is 12.7. The number of halogens is 1. The Morgan fingerprint density at radius 2 is 2.10 bits per heavy atom. The van der Waals surface area contributed by atoms with Crippen molar-refractivity contribution in [2.75, 3.05) is 0 Å². The molecule has 0 aliphatic carbocycles. The van der Waals surface area contributed by atoms with Crippen LogP contribution in [0, 0.1) is 0 Å². The van der Waals surface area contributed by atoms with E-state index in [0.717, 1.165) is 35.1 Å². The molecule has 21 heavy (non-hydrogen) atoms. The quantitative estimate of drug-likeness (QED) is 0.801. The number of aromatic nitrogens is 3. The number of nitrogens with zero attached hydrogens (tertiary/aromatic N) is 3. The van der Waals surface area contributed by atoms with Gasteiger partial charge in [0.25, 0.3) is 0 Å². The summed E-state index contributed by atoms with van der Waals surface area (Å²) in [6.45, 7) is 2.86. The van der Waals surface area contributed by atoms with E-state index in [1.807, 2.05) is 28.9 Å². The van der Waals surface area contributed by atoms with Crippen LogP contribution < -0.4 is 0 Å². The molecule has 0 saturated carbocycles. The smallest absolute Gasteiger partial charge is 0.123 e. The number of aliphatic hydroxyl groups excluding tert-OH is 1. The summed E-state index contributed by atoms with van der Waals surface area (Å²) >= 11 is 6.20. The molecule has 0 amide bonds. The Morgan fingerprint density at radius 1 is 1.24 bits per heavy atom. The SMILES string of the molecule is CCCn1nccc1C(O)c1ccc(Cl)c2cccnc12. The van der Waals surface area contributed by atoms with Gasteiger partial charge in [0.1, 0.15) is 6.10 Å². The summed E-state index contributed by atoms with van der Waals surface area (Å²) in [4.78, 5) is 4.37. The van der Waals surface area contributed by atoms with Crippen molar-refractivity contribution in [2.45, 2.75) is 26.0 Å². The van der Waals surface area contributed by atoms with E-state index in [-0.39, 0.29) is 0 Å². The Balaban J connectivity index is 2.12. The maximum Gasteiger partial charge on any atom is 0.123 e. The van der Waals surface area contributed by atoms with E-state index in [9.17, 15) is 5.11 Å². The maximum atomic E-state index is 10.7. The van der Waals surface area contributed by atoms with Gasteiger partial charge in [0.15, 0.2) is 0 Å². The Kier molecular flexibility index (Phi) is 3.90. The Morgan fingerprint density at radius 3 is 2.90 bits per heavy atom. The van der Waals surface area contributed by atoms with Crippen LogP contribution in [0.4, 0.5) is 0 Å². The minimum absolute atomic E-state index is 0.635. The highest BCUT2D eigenvalue weighted by Crippen LogP contribution is 2.31. The van der Waals surface area contributed by atoms with Crippen LogP contribution in [-0.4, -0.2) is 19.9 Å². The molecule has 1 atom stereocenters. The fourth-order valence-electron chi connectivity index (χ4n) is 2.51. The first-order valence-electron chi connectivity index (χ1n) is 6.95. The molecular weight excluding hydrogens is 286 g/mol. The van der Waals surface area contributed by atoms with Crippen LogP contribution in [0.3, 0.4) is 0 Å². The van der Waals surface area contributed by atoms with Crippen LogP contribution in [0.2, 0.25) is 5.02 Å². The molecule has 0 bridgehead atoms. The number of fused-ring (bicyclic) bond motifs is 1. The summed E-state index contributed by atoms with van der Waals surface area (Å²) in [5, 5.41) is 16.5. The number of hydrogen-bond donors (Lipinski definition) is 1. The zero-order valence-electron chi connectivity index (χ0n) is 11.7. The van der Waals surface area contributed by atoms with Gasteiger partial charge in [0, 0.05) is 34.9 Å². The topological polar surface area (TPSA) is 50.9 Å². The third-order valence-corrected chi connectivity index (χ3v) is 3.84. The molecule has 5 heteroatoms. The summed E-state index contributed by atoms with van der Waals surface area (Å²) in [5.74, 6) is 0. The molecule has 3 aromatic rings. The van der Waals surface area contributed by atoms with E-state index >= 15 is 0 Å². The molecule has 2 heterocycles. The lowest BCUT2D eigenvalue weighted by atomic mass is 10.0. The van der Waals surface area contributed by atoms with E-state index in [0.29, 0.717) is 5.02 Å². The first-order chi connectivity index (χ1) is 10.2. The van der Waals surface area contributed by atoms with E-state index < -0.39 is 6.10 Å². The van der Waals surface area contributed by atoms with Crippen molar-refractivity contribution in [3.8, 4) is 0 Å². The molecule has 2 aromatic heterocycles. The third kappa shape index (κ3) is 2.52. The van der Waals surface area contributed by atoms with Crippen molar-refractivity contribution in [2.24, 2.45) is 0 Å². The zero-order valence-corrected chi connectivity index (χ0v) is 12.5. The van der Waals surface area contributed by atoms with Crippen LogP contribution in [0.15, 0.2) is 42.7 Å². The molecule has 0 fully saturated rings. The van der Waals surface area contributed by atoms with E-state index in [1.165, 1.54) is 0 Å². The van der Waals surface area contributed by atoms with Crippen molar-refractivity contribution in [1.82, 2.24) is 14.8 Å². The number of pyridine rings is 1. The van der Waals surface area contributed by atoms with Crippen LogP contribution >= 0.6 is 11.6 Å². The summed E-state index contributed by atoms with van der Waals surface area (Å²) in [7, 11) is 0. The number of aryl methyl sites for hydroxylation is 1. The molecule has 1 unspecified atom stereocenters. The second-order valence-electron chi connectivity index (χ2n) is 4.92. The van der Waals surface area contributed by atoms with Crippen LogP contribution in [0.5, 0.6) is 0 Å². The maximum absolute atomic E-state index is 10.7. The van der Waals surface area contributed by atoms with Crippen molar-refractivity contribution in [1.29, 1.82) is 0 Å². The minimum atomic E-state index is -0.770. The second-order valence-corrected chi connectivity index (χ2v) is 5.33. The van der Waals surface area contributed by atoms with Crippen molar-refractivity contribution < 1.29 is 5.11 Å². The molecule has 0 aliphatic rings. The van der Waals surface area contributed by atoms with E-state index in [4.69, 9.17) is 11.6 Å². The zero-order chi connectivity index (χ0) is 14.8. The third-order valence-electron chi connectivity index (χ3n) is 3.51. The van der Waals surface area contributed by atoms with Gasteiger partial charge in [-0.05, 0) is 30.7 Å². The van der Waals surface area contributed by atoms with Crippen LogP contribution in [0.25, 0.3) is 10.9 Å². The minimum Gasteiger partial charge on any atom is -0.382 e. The van der Waals surface area contributed by atoms with Gasteiger partial charge in [-0.2, -0.15) is 5.10 Å². The molecule has 0 spiro atoms. The average molecular weight is 302 g/mol. The molecule has 3 rings (SSSR count). The molecule has 108 valence electrons. The molecule has 4 nitrogen and oxygen atoms in total. The Labute approximate surface area is 128 Å². The molecule has 1 N–H and O–H groups in total. The molecule has 0 saturated heterocycles. The summed E-state index contributed by atoms with van der Waals surface area (Å²) in [6, 6.07) is 9.20. The van der Waals surface area contributed by atoms with Crippen LogP contribution in [0.1, 0.15) is 30.7 Å². The largest absolute Gasteiger partial charge is 0.382 e. The van der Waals surface area contributed by atoms with Gasteiger partial charge in [-0.15, -0.1) is 0 Å². The average Bonchev–Trinajstić information content (AvgIpc) is 2.96. The van der Waals surface area contributed by atoms with E-state index in [2.05, 4.69) is 17.0 Å². The molecule has 0 aliphatic heterocycles. The highest BCUT2D eigenvalue weighted by Gasteiger charge is 2.19. The van der Waals surface area contributed by atoms with Gasteiger partial charge in [-0.25, -0.2) is 0 Å². The van der Waals surface area contributed by atoms with Gasteiger partial charge in [-0.1, -0.05) is 24.6 Å². The first kappa shape index (κ1) is 14.0. The first-order valence-corrected chi connectivity index (χ1v) is 7.33. The van der Waals surface area contributed by atoms with Gasteiger partial charge in [0.05, 0.1) is 11.2 Å². The molecule has 0 radical (unpaired) electrons. The number of hydrogen-bond acceptors (Lipinski definition) is 3. The lowest BCUT2D eigenvalue weighted by molar-refractivity contribution is 0.208. The number of rotatable bonds is 4. The molecular formula is C16H16ClN3O. The van der Waals surface area contributed by atoms with Gasteiger partial charge in [0.2, 0.25) is 0 Å². The Hall–Kier alpha value is -1.91. The fourth-order valence-corrected chi connectivity index (χ4v) is 2.73. The number of aliphatic hydroxyl groups is 1. The lowest BCUT2D eigenvalue weighted by Gasteiger charge is -2.15. The highest BCUT2D eigenvalue weighted by atomic mass is 35.5. The highest BCUT2D eigenvalue weighted by molar-refractivity contribution is 6.35. The monoisotopic (exact) mass is 301 g/mol. The standard InChI is InChI=1S/C16H16ClN3O/c1-2-10-20-14(7-9-19-20)16(21)12-5-6-13(17)11-4-3-8-18-15(11)12/h3-9,16,21H,2,10H2,1H3. The van der Waals surface area contributed by atoms with Crippen molar-refractivity contribution in [3.05, 3.63) is 59.0 Å². The summed E-state index contributed by atoms with van der Waals surface area (Å²) in [5.41, 5.74) is 2.24. The second kappa shape index (κ2) is 5.84. The Bertz CT molecular complexity index is 769. The lowest BCUT2D eigenvalue weighted by Crippen LogP contribution is -2.10. The van der Waals surface area contributed by atoms with Crippen molar-refractivity contribution in [3.63, 3.8) is 0 Å². The van der Waals surface area contributed by atoms with E-state index in [1.54, 1.807) is 18.5 Å².